The lowest BCUT2D eigenvalue weighted by molar-refractivity contribution is -0.140. The summed E-state index contributed by atoms with van der Waals surface area (Å²) < 4.78 is 9.88. The molecular weight excluding hydrogens is 322 g/mol. The summed E-state index contributed by atoms with van der Waals surface area (Å²) in [5, 5.41) is 0.683. The number of fused-ring (bicyclic) bond motifs is 1. The summed E-state index contributed by atoms with van der Waals surface area (Å²) in [6, 6.07) is 8.58. The summed E-state index contributed by atoms with van der Waals surface area (Å²) in [6.07, 6.45) is 0.852. The Morgan fingerprint density at radius 3 is 2.60 bits per heavy atom. The van der Waals surface area contributed by atoms with Gasteiger partial charge in [-0.1, -0.05) is 32.0 Å². The predicted octanol–water partition coefficient (Wildman–Crippen LogP) is 2.84. The Hall–Kier alpha value is -2.63. The van der Waals surface area contributed by atoms with Crippen LogP contribution in [0, 0.1) is 5.92 Å². The van der Waals surface area contributed by atoms with Gasteiger partial charge in [0, 0.05) is 18.5 Å². The molecule has 0 fully saturated rings. The minimum atomic E-state index is -0.670. The zero-order chi connectivity index (χ0) is 18.4. The quantitative estimate of drug-likeness (QED) is 0.570. The number of amides is 1. The lowest BCUT2D eigenvalue weighted by atomic mass is 10.1. The van der Waals surface area contributed by atoms with E-state index < -0.39 is 17.5 Å². The number of methoxy groups -OCH3 is 1. The van der Waals surface area contributed by atoms with Crippen LogP contribution in [0.2, 0.25) is 0 Å². The molecule has 1 amide bonds. The second-order valence-electron chi connectivity index (χ2n) is 6.29. The molecule has 1 aromatic heterocycles. The summed E-state index contributed by atoms with van der Waals surface area (Å²) in [4.78, 5) is 38.0. The molecule has 0 N–H and O–H groups in total. The highest BCUT2D eigenvalue weighted by Crippen LogP contribution is 2.15. The van der Waals surface area contributed by atoms with Crippen LogP contribution < -0.4 is 5.63 Å². The monoisotopic (exact) mass is 345 g/mol. The van der Waals surface area contributed by atoms with E-state index in [-0.39, 0.29) is 18.5 Å². The number of benzene rings is 1. The normalized spacial score (nSPS) is 10.9. The van der Waals surface area contributed by atoms with E-state index in [1.54, 1.807) is 24.3 Å². The molecule has 6 heteroatoms. The minimum Gasteiger partial charge on any atom is -0.469 e. The number of carbonyl (C=O) groups is 2. The summed E-state index contributed by atoms with van der Waals surface area (Å²) in [5.74, 6) is -0.432. The van der Waals surface area contributed by atoms with E-state index >= 15 is 0 Å². The Morgan fingerprint density at radius 1 is 1.20 bits per heavy atom. The van der Waals surface area contributed by atoms with Gasteiger partial charge in [-0.2, -0.15) is 0 Å². The van der Waals surface area contributed by atoms with Crippen LogP contribution in [0.4, 0.5) is 0 Å². The van der Waals surface area contributed by atoms with Crippen LogP contribution in [-0.4, -0.2) is 37.0 Å². The van der Waals surface area contributed by atoms with Crippen LogP contribution >= 0.6 is 0 Å². The maximum absolute atomic E-state index is 12.8. The number of carbonyl (C=O) groups excluding carboxylic acids is 2. The van der Waals surface area contributed by atoms with Crippen molar-refractivity contribution in [2.24, 2.45) is 5.92 Å². The molecule has 0 radical (unpaired) electrons. The van der Waals surface area contributed by atoms with Crippen molar-refractivity contribution in [3.63, 3.8) is 0 Å². The summed E-state index contributed by atoms with van der Waals surface area (Å²) in [6.45, 7) is 4.75. The van der Waals surface area contributed by atoms with Crippen LogP contribution in [0.15, 0.2) is 39.5 Å². The molecule has 0 aliphatic carbocycles. The van der Waals surface area contributed by atoms with Gasteiger partial charge in [0.2, 0.25) is 0 Å². The average molecular weight is 345 g/mol. The maximum atomic E-state index is 12.8. The van der Waals surface area contributed by atoms with Crippen molar-refractivity contribution in [2.45, 2.75) is 26.7 Å². The lowest BCUT2D eigenvalue weighted by Gasteiger charge is -2.23. The summed E-state index contributed by atoms with van der Waals surface area (Å²) in [7, 11) is 1.31. The van der Waals surface area contributed by atoms with E-state index in [1.807, 2.05) is 19.9 Å². The topological polar surface area (TPSA) is 76.8 Å². The third-order valence-electron chi connectivity index (χ3n) is 3.95. The lowest BCUT2D eigenvalue weighted by Crippen LogP contribution is -2.37. The molecule has 1 aromatic carbocycles. The zero-order valence-corrected chi connectivity index (χ0v) is 14.8. The Kier molecular flexibility index (Phi) is 6.33. The highest BCUT2D eigenvalue weighted by Gasteiger charge is 2.21. The van der Waals surface area contributed by atoms with E-state index in [1.165, 1.54) is 12.0 Å². The van der Waals surface area contributed by atoms with Gasteiger partial charge < -0.3 is 14.1 Å². The standard InChI is InChI=1S/C19H23NO5/c1-13(2)8-10-20(11-9-17(21)24-3)18(22)15-12-14-6-4-5-7-16(14)25-19(15)23/h4-7,12-13H,8-11H2,1-3H3. The molecule has 134 valence electrons. The zero-order valence-electron chi connectivity index (χ0n) is 14.8. The molecule has 0 saturated heterocycles. The number of rotatable bonds is 7. The van der Waals surface area contributed by atoms with Crippen molar-refractivity contribution < 1.29 is 18.7 Å². The third-order valence-corrected chi connectivity index (χ3v) is 3.95. The van der Waals surface area contributed by atoms with Crippen LogP contribution in [-0.2, 0) is 9.53 Å². The number of ether oxygens (including phenoxy) is 1. The molecule has 0 unspecified atom stereocenters. The van der Waals surface area contributed by atoms with Crippen molar-refractivity contribution in [3.05, 3.63) is 46.3 Å². The first kappa shape index (κ1) is 18.7. The fraction of sp³-hybridized carbons (Fsp3) is 0.421. The number of hydrogen-bond acceptors (Lipinski definition) is 5. The Balaban J connectivity index is 2.29. The number of nitrogens with zero attached hydrogens (tertiary/aromatic N) is 1. The van der Waals surface area contributed by atoms with Gasteiger partial charge in [0.25, 0.3) is 5.91 Å². The molecule has 0 bridgehead atoms. The molecule has 1 heterocycles. The second kappa shape index (κ2) is 8.46. The fourth-order valence-corrected chi connectivity index (χ4v) is 2.44. The maximum Gasteiger partial charge on any atom is 0.349 e. The average Bonchev–Trinajstić information content (AvgIpc) is 2.60. The van der Waals surface area contributed by atoms with Gasteiger partial charge in [-0.05, 0) is 24.5 Å². The van der Waals surface area contributed by atoms with Crippen LogP contribution in [0.25, 0.3) is 11.0 Å². The molecule has 0 saturated carbocycles. The first-order valence-corrected chi connectivity index (χ1v) is 8.31. The van der Waals surface area contributed by atoms with Gasteiger partial charge >= 0.3 is 11.6 Å². The van der Waals surface area contributed by atoms with Crippen molar-refractivity contribution in [3.8, 4) is 0 Å². The molecule has 25 heavy (non-hydrogen) atoms. The smallest absolute Gasteiger partial charge is 0.349 e. The molecular formula is C19H23NO5. The highest BCUT2D eigenvalue weighted by atomic mass is 16.5. The van der Waals surface area contributed by atoms with Gasteiger partial charge in [-0.15, -0.1) is 0 Å². The number of esters is 1. The summed E-state index contributed by atoms with van der Waals surface area (Å²) >= 11 is 0. The first-order valence-electron chi connectivity index (χ1n) is 8.31. The van der Waals surface area contributed by atoms with Crippen LogP contribution in [0.3, 0.4) is 0 Å². The molecule has 6 nitrogen and oxygen atoms in total. The SMILES string of the molecule is COC(=O)CCN(CCC(C)C)C(=O)c1cc2ccccc2oc1=O. The number of hydrogen-bond donors (Lipinski definition) is 0. The minimum absolute atomic E-state index is 0.0210. The van der Waals surface area contributed by atoms with Crippen molar-refractivity contribution in [1.82, 2.24) is 4.90 Å². The Labute approximate surface area is 146 Å². The van der Waals surface area contributed by atoms with E-state index in [4.69, 9.17) is 4.42 Å². The van der Waals surface area contributed by atoms with Crippen molar-refractivity contribution in [1.29, 1.82) is 0 Å². The Morgan fingerprint density at radius 2 is 1.92 bits per heavy atom. The second-order valence-corrected chi connectivity index (χ2v) is 6.29. The molecule has 0 aliphatic rings. The van der Waals surface area contributed by atoms with E-state index in [0.29, 0.717) is 23.4 Å². The van der Waals surface area contributed by atoms with E-state index in [2.05, 4.69) is 4.74 Å². The summed E-state index contributed by atoms with van der Waals surface area (Å²) in [5.41, 5.74) is -0.254. The Bertz CT molecular complexity index is 809. The third kappa shape index (κ3) is 4.92. The molecule has 0 spiro atoms. The number of para-hydroxylation sites is 1. The van der Waals surface area contributed by atoms with Crippen molar-refractivity contribution in [2.75, 3.05) is 20.2 Å². The van der Waals surface area contributed by atoms with E-state index in [9.17, 15) is 14.4 Å². The van der Waals surface area contributed by atoms with E-state index in [0.717, 1.165) is 6.42 Å². The molecule has 0 atom stereocenters. The fourth-order valence-electron chi connectivity index (χ4n) is 2.44. The molecule has 2 rings (SSSR count). The van der Waals surface area contributed by atoms with Gasteiger partial charge in [0.15, 0.2) is 0 Å². The predicted molar refractivity (Wildman–Crippen MR) is 94.5 cm³/mol. The highest BCUT2D eigenvalue weighted by molar-refractivity contribution is 5.96. The van der Waals surface area contributed by atoms with Crippen LogP contribution in [0.5, 0.6) is 0 Å². The van der Waals surface area contributed by atoms with Crippen LogP contribution in [0.1, 0.15) is 37.0 Å². The van der Waals surface area contributed by atoms with Crippen molar-refractivity contribution >= 4 is 22.8 Å². The van der Waals surface area contributed by atoms with Gasteiger partial charge in [0.1, 0.15) is 11.1 Å². The molecule has 0 aliphatic heterocycles. The van der Waals surface area contributed by atoms with Gasteiger partial charge in [-0.3, -0.25) is 9.59 Å². The van der Waals surface area contributed by atoms with Gasteiger partial charge in [0.05, 0.1) is 13.5 Å². The molecule has 2 aromatic rings. The van der Waals surface area contributed by atoms with Gasteiger partial charge in [-0.25, -0.2) is 4.79 Å². The largest absolute Gasteiger partial charge is 0.469 e. The first-order chi connectivity index (χ1) is 11.9.